The van der Waals surface area contributed by atoms with Gasteiger partial charge in [0, 0.05) is 23.6 Å². The Balaban J connectivity index is 2.37. The first-order valence-electron chi connectivity index (χ1n) is 5.55. The van der Waals surface area contributed by atoms with Crippen LogP contribution in [0.3, 0.4) is 0 Å². The van der Waals surface area contributed by atoms with Gasteiger partial charge in [-0.15, -0.1) is 0 Å². The summed E-state index contributed by atoms with van der Waals surface area (Å²) < 4.78 is 1.50. The molecule has 0 amide bonds. The van der Waals surface area contributed by atoms with Crippen LogP contribution in [0, 0.1) is 10.1 Å². The molecular formula is C11H14N4O2S. The van der Waals surface area contributed by atoms with Gasteiger partial charge in [-0.25, -0.2) is 4.98 Å². The van der Waals surface area contributed by atoms with Crippen molar-refractivity contribution in [2.24, 2.45) is 5.73 Å². The Morgan fingerprint density at radius 1 is 1.61 bits per heavy atom. The number of nitro groups is 1. The third-order valence-electron chi connectivity index (χ3n) is 2.58. The number of pyridine rings is 1. The van der Waals surface area contributed by atoms with Crippen LogP contribution in [0.25, 0.3) is 5.65 Å². The van der Waals surface area contributed by atoms with E-state index < -0.39 is 0 Å². The maximum Gasteiger partial charge on any atom is 0.351 e. The minimum atomic E-state index is -0.386. The highest BCUT2D eigenvalue weighted by molar-refractivity contribution is 7.99. The third kappa shape index (κ3) is 2.46. The van der Waals surface area contributed by atoms with Crippen LogP contribution in [0.2, 0.25) is 0 Å². The first kappa shape index (κ1) is 12.8. The Labute approximate surface area is 108 Å². The van der Waals surface area contributed by atoms with Crippen LogP contribution in [-0.4, -0.2) is 26.1 Å². The lowest BCUT2D eigenvalue weighted by Crippen LogP contribution is -2.12. The molecule has 0 aromatic carbocycles. The van der Waals surface area contributed by atoms with Gasteiger partial charge in [-0.05, 0) is 11.0 Å². The van der Waals surface area contributed by atoms with Gasteiger partial charge in [-0.3, -0.25) is 0 Å². The third-order valence-corrected chi connectivity index (χ3v) is 3.79. The lowest BCUT2D eigenvalue weighted by Gasteiger charge is -2.05. The summed E-state index contributed by atoms with van der Waals surface area (Å²) in [5, 5.41) is 11.4. The molecule has 2 rings (SSSR count). The van der Waals surface area contributed by atoms with E-state index in [2.05, 4.69) is 4.98 Å². The second kappa shape index (κ2) is 5.36. The molecule has 0 aliphatic carbocycles. The standard InChI is InChI=1S/C11H14N4O2S/c1-8(6-12)18-7-9-11(15(16)17)14-5-3-2-4-10(14)13-9/h2-5,8H,6-7,12H2,1H3. The highest BCUT2D eigenvalue weighted by atomic mass is 32.2. The van der Waals surface area contributed by atoms with E-state index in [9.17, 15) is 10.1 Å². The Morgan fingerprint density at radius 2 is 2.39 bits per heavy atom. The van der Waals surface area contributed by atoms with Crippen LogP contribution < -0.4 is 5.73 Å². The van der Waals surface area contributed by atoms with Gasteiger partial charge in [0.1, 0.15) is 5.69 Å². The van der Waals surface area contributed by atoms with Crippen LogP contribution in [-0.2, 0) is 5.75 Å². The number of hydrogen-bond acceptors (Lipinski definition) is 5. The molecule has 0 aliphatic heterocycles. The number of fused-ring (bicyclic) bond motifs is 1. The predicted molar refractivity (Wildman–Crippen MR) is 71.7 cm³/mol. The predicted octanol–water partition coefficient (Wildman–Crippen LogP) is 1.82. The van der Waals surface area contributed by atoms with E-state index in [0.717, 1.165) is 0 Å². The smallest absolute Gasteiger partial charge is 0.351 e. The number of hydrogen-bond donors (Lipinski definition) is 1. The molecule has 18 heavy (non-hydrogen) atoms. The van der Waals surface area contributed by atoms with Gasteiger partial charge in [0.05, 0.1) is 6.20 Å². The van der Waals surface area contributed by atoms with Crippen molar-refractivity contribution < 1.29 is 4.92 Å². The number of thioether (sulfide) groups is 1. The van der Waals surface area contributed by atoms with E-state index in [1.165, 1.54) is 4.40 Å². The largest absolute Gasteiger partial charge is 0.358 e. The summed E-state index contributed by atoms with van der Waals surface area (Å²) in [7, 11) is 0. The topological polar surface area (TPSA) is 86.5 Å². The van der Waals surface area contributed by atoms with Gasteiger partial charge in [0.2, 0.25) is 5.65 Å². The first-order valence-corrected chi connectivity index (χ1v) is 6.60. The fourth-order valence-electron chi connectivity index (χ4n) is 1.61. The van der Waals surface area contributed by atoms with Crippen LogP contribution >= 0.6 is 11.8 Å². The van der Waals surface area contributed by atoms with Crippen molar-refractivity contribution in [2.75, 3.05) is 6.54 Å². The lowest BCUT2D eigenvalue weighted by atomic mass is 10.5. The fourth-order valence-corrected chi connectivity index (χ4v) is 2.38. The molecule has 0 radical (unpaired) electrons. The molecule has 0 spiro atoms. The number of nitrogens with zero attached hydrogens (tertiary/aromatic N) is 3. The summed E-state index contributed by atoms with van der Waals surface area (Å²) in [6, 6.07) is 5.32. The Bertz CT molecular complexity index is 569. The molecule has 0 saturated heterocycles. The zero-order valence-electron chi connectivity index (χ0n) is 9.94. The molecule has 6 nitrogen and oxygen atoms in total. The van der Waals surface area contributed by atoms with Crippen molar-refractivity contribution in [1.82, 2.24) is 9.38 Å². The molecule has 2 N–H and O–H groups in total. The Hall–Kier alpha value is -1.60. The maximum atomic E-state index is 11.1. The van der Waals surface area contributed by atoms with E-state index in [1.54, 1.807) is 30.1 Å². The van der Waals surface area contributed by atoms with E-state index in [1.807, 2.05) is 13.0 Å². The van der Waals surface area contributed by atoms with Gasteiger partial charge in [0.25, 0.3) is 0 Å². The van der Waals surface area contributed by atoms with Crippen molar-refractivity contribution in [3.05, 3.63) is 40.2 Å². The van der Waals surface area contributed by atoms with Gasteiger partial charge >= 0.3 is 5.82 Å². The molecule has 2 heterocycles. The zero-order valence-corrected chi connectivity index (χ0v) is 10.8. The fraction of sp³-hybridized carbons (Fsp3) is 0.364. The van der Waals surface area contributed by atoms with Crippen molar-refractivity contribution in [3.8, 4) is 0 Å². The quantitative estimate of drug-likeness (QED) is 0.659. The van der Waals surface area contributed by atoms with E-state index in [4.69, 9.17) is 5.73 Å². The summed E-state index contributed by atoms with van der Waals surface area (Å²) >= 11 is 1.57. The van der Waals surface area contributed by atoms with Crippen molar-refractivity contribution in [2.45, 2.75) is 17.9 Å². The molecule has 0 aliphatic rings. The van der Waals surface area contributed by atoms with Crippen molar-refractivity contribution in [1.29, 1.82) is 0 Å². The summed E-state index contributed by atoms with van der Waals surface area (Å²) in [6.45, 7) is 2.54. The SMILES string of the molecule is CC(CN)SCc1nc2ccccn2c1[N+](=O)[O-]. The Morgan fingerprint density at radius 3 is 3.06 bits per heavy atom. The monoisotopic (exact) mass is 266 g/mol. The molecular weight excluding hydrogens is 252 g/mol. The number of rotatable bonds is 5. The molecule has 2 aromatic heterocycles. The second-order valence-corrected chi connectivity index (χ2v) is 5.35. The average molecular weight is 266 g/mol. The van der Waals surface area contributed by atoms with E-state index >= 15 is 0 Å². The van der Waals surface area contributed by atoms with Crippen LogP contribution in [0.5, 0.6) is 0 Å². The summed E-state index contributed by atoms with van der Waals surface area (Å²) in [4.78, 5) is 15.0. The van der Waals surface area contributed by atoms with Gasteiger partial charge < -0.3 is 15.8 Å². The lowest BCUT2D eigenvalue weighted by molar-refractivity contribution is -0.391. The van der Waals surface area contributed by atoms with Crippen LogP contribution in [0.15, 0.2) is 24.4 Å². The second-order valence-electron chi connectivity index (χ2n) is 3.93. The molecule has 0 bridgehead atoms. The summed E-state index contributed by atoms with van der Waals surface area (Å²) in [5.41, 5.74) is 6.62. The highest BCUT2D eigenvalue weighted by Gasteiger charge is 2.22. The van der Waals surface area contributed by atoms with Gasteiger partial charge in [0.15, 0.2) is 0 Å². The highest BCUT2D eigenvalue weighted by Crippen LogP contribution is 2.25. The number of nitrogens with two attached hydrogens (primary N) is 1. The minimum absolute atomic E-state index is 0.0438. The van der Waals surface area contributed by atoms with Gasteiger partial charge in [-0.2, -0.15) is 16.2 Å². The Kier molecular flexibility index (Phi) is 3.83. The molecule has 0 fully saturated rings. The average Bonchev–Trinajstić information content (AvgIpc) is 2.74. The van der Waals surface area contributed by atoms with Gasteiger partial charge in [-0.1, -0.05) is 13.0 Å². The minimum Gasteiger partial charge on any atom is -0.358 e. The zero-order chi connectivity index (χ0) is 13.1. The molecule has 96 valence electrons. The van der Waals surface area contributed by atoms with Crippen LogP contribution in [0.4, 0.5) is 5.82 Å². The number of aromatic nitrogens is 2. The van der Waals surface area contributed by atoms with Crippen molar-refractivity contribution >= 4 is 23.2 Å². The molecule has 0 saturated carbocycles. The van der Waals surface area contributed by atoms with E-state index in [-0.39, 0.29) is 16.0 Å². The first-order chi connectivity index (χ1) is 8.63. The normalized spacial score (nSPS) is 12.8. The van der Waals surface area contributed by atoms with Crippen molar-refractivity contribution in [3.63, 3.8) is 0 Å². The maximum absolute atomic E-state index is 11.1. The number of imidazole rings is 1. The molecule has 1 atom stereocenters. The molecule has 7 heteroatoms. The molecule has 2 aromatic rings. The van der Waals surface area contributed by atoms with E-state index in [0.29, 0.717) is 23.6 Å². The van der Waals surface area contributed by atoms with Crippen LogP contribution in [0.1, 0.15) is 12.6 Å². The molecule has 1 unspecified atom stereocenters. The summed E-state index contributed by atoms with van der Waals surface area (Å²) in [6.07, 6.45) is 1.65. The summed E-state index contributed by atoms with van der Waals surface area (Å²) in [5.74, 6) is 0.540.